The molecule has 1 rings (SSSR count). The Bertz CT molecular complexity index is 418. The van der Waals surface area contributed by atoms with Gasteiger partial charge in [-0.1, -0.05) is 28.1 Å². The fraction of sp³-hybridized carbons (Fsp3) is 0.500. The second-order valence-electron chi connectivity index (χ2n) is 4.57. The van der Waals surface area contributed by atoms with E-state index in [-0.39, 0.29) is 11.9 Å². The molecule has 0 aromatic heterocycles. The van der Waals surface area contributed by atoms with Crippen LogP contribution in [0, 0.1) is 6.92 Å². The Labute approximate surface area is 126 Å². The maximum atomic E-state index is 12.5. The van der Waals surface area contributed by atoms with Gasteiger partial charge in [-0.15, -0.1) is 0 Å². The summed E-state index contributed by atoms with van der Waals surface area (Å²) < 4.78 is 0.902. The van der Waals surface area contributed by atoms with E-state index in [4.69, 9.17) is 0 Å². The van der Waals surface area contributed by atoms with Crippen molar-refractivity contribution in [3.05, 3.63) is 33.8 Å². The van der Waals surface area contributed by atoms with Crippen LogP contribution in [-0.2, 0) is 0 Å². The van der Waals surface area contributed by atoms with Gasteiger partial charge >= 0.3 is 0 Å². The summed E-state index contributed by atoms with van der Waals surface area (Å²) in [5.74, 6) is 0.0986. The van der Waals surface area contributed by atoms with Crippen LogP contribution < -0.4 is 0 Å². The smallest absolute Gasteiger partial charge is 0.255 e. The van der Waals surface area contributed by atoms with Crippen LogP contribution in [0.25, 0.3) is 0 Å². The molecule has 18 heavy (non-hydrogen) atoms. The number of aryl methyl sites for hydroxylation is 1. The lowest BCUT2D eigenvalue weighted by Crippen LogP contribution is -2.38. The molecular formula is C14H19Br2NO. The zero-order valence-electron chi connectivity index (χ0n) is 11.0. The molecule has 0 N–H and O–H groups in total. The zero-order chi connectivity index (χ0) is 13.7. The molecule has 1 amide bonds. The lowest BCUT2D eigenvalue weighted by molar-refractivity contribution is 0.0705. The number of nitrogens with zero attached hydrogens (tertiary/aromatic N) is 1. The summed E-state index contributed by atoms with van der Waals surface area (Å²) in [5.41, 5.74) is 1.84. The van der Waals surface area contributed by atoms with Gasteiger partial charge in [0.2, 0.25) is 0 Å². The third-order valence-electron chi connectivity index (χ3n) is 2.84. The summed E-state index contributed by atoms with van der Waals surface area (Å²) >= 11 is 6.92. The van der Waals surface area contributed by atoms with Crippen LogP contribution in [0.15, 0.2) is 22.7 Å². The van der Waals surface area contributed by atoms with Crippen molar-refractivity contribution in [2.75, 3.05) is 11.9 Å². The standard InChI is InChI=1S/C14H19Br2NO/c1-10(2)17(9-5-8-15)14(18)12-7-4-6-11(3)13(12)16/h4,6-7,10H,5,8-9H2,1-3H3. The first-order chi connectivity index (χ1) is 8.49. The van der Waals surface area contributed by atoms with Crippen LogP contribution in [0.5, 0.6) is 0 Å². The molecule has 0 aliphatic carbocycles. The lowest BCUT2D eigenvalue weighted by atomic mass is 10.1. The van der Waals surface area contributed by atoms with Crippen molar-refractivity contribution in [1.82, 2.24) is 4.90 Å². The Hall–Kier alpha value is -0.350. The van der Waals surface area contributed by atoms with E-state index < -0.39 is 0 Å². The minimum Gasteiger partial charge on any atom is -0.336 e. The van der Waals surface area contributed by atoms with E-state index in [1.54, 1.807) is 0 Å². The van der Waals surface area contributed by atoms with E-state index in [0.717, 1.165) is 33.9 Å². The monoisotopic (exact) mass is 375 g/mol. The van der Waals surface area contributed by atoms with E-state index in [2.05, 4.69) is 45.7 Å². The largest absolute Gasteiger partial charge is 0.336 e. The zero-order valence-corrected chi connectivity index (χ0v) is 14.2. The average Bonchev–Trinajstić information content (AvgIpc) is 2.32. The molecule has 100 valence electrons. The van der Waals surface area contributed by atoms with Crippen molar-refractivity contribution in [2.45, 2.75) is 33.2 Å². The molecule has 0 saturated heterocycles. The molecule has 0 heterocycles. The molecule has 0 aliphatic heterocycles. The normalized spacial score (nSPS) is 10.8. The highest BCUT2D eigenvalue weighted by Crippen LogP contribution is 2.23. The maximum absolute atomic E-state index is 12.5. The summed E-state index contributed by atoms with van der Waals surface area (Å²) in [6.45, 7) is 6.88. The van der Waals surface area contributed by atoms with Crippen LogP contribution in [0.3, 0.4) is 0 Å². The molecule has 0 saturated carbocycles. The van der Waals surface area contributed by atoms with Crippen molar-refractivity contribution in [3.8, 4) is 0 Å². The summed E-state index contributed by atoms with van der Waals surface area (Å²) in [6.07, 6.45) is 0.966. The van der Waals surface area contributed by atoms with Gasteiger partial charge in [0.05, 0.1) is 5.56 Å². The van der Waals surface area contributed by atoms with Crippen molar-refractivity contribution in [1.29, 1.82) is 0 Å². The van der Waals surface area contributed by atoms with Gasteiger partial charge in [0.25, 0.3) is 5.91 Å². The summed E-state index contributed by atoms with van der Waals surface area (Å²) in [7, 11) is 0. The Morgan fingerprint density at radius 2 is 2.06 bits per heavy atom. The van der Waals surface area contributed by atoms with Gasteiger partial charge in [-0.05, 0) is 54.8 Å². The predicted molar refractivity (Wildman–Crippen MR) is 83.5 cm³/mol. The quantitative estimate of drug-likeness (QED) is 0.697. The van der Waals surface area contributed by atoms with E-state index in [1.165, 1.54) is 0 Å². The highest BCUT2D eigenvalue weighted by atomic mass is 79.9. The highest BCUT2D eigenvalue weighted by molar-refractivity contribution is 9.10. The second-order valence-corrected chi connectivity index (χ2v) is 6.16. The fourth-order valence-corrected chi connectivity index (χ4v) is 2.48. The minimum atomic E-state index is 0.0986. The van der Waals surface area contributed by atoms with Gasteiger partial charge in [0.15, 0.2) is 0 Å². The number of carbonyl (C=O) groups excluding carboxylic acids is 1. The van der Waals surface area contributed by atoms with Crippen molar-refractivity contribution < 1.29 is 4.79 Å². The van der Waals surface area contributed by atoms with Crippen LogP contribution >= 0.6 is 31.9 Å². The number of hydrogen-bond donors (Lipinski definition) is 0. The molecule has 0 fully saturated rings. The Morgan fingerprint density at radius 1 is 1.39 bits per heavy atom. The van der Waals surface area contributed by atoms with Gasteiger partial charge in [-0.2, -0.15) is 0 Å². The summed E-state index contributed by atoms with van der Waals surface area (Å²) in [5, 5.41) is 0.915. The first-order valence-electron chi connectivity index (χ1n) is 6.11. The topological polar surface area (TPSA) is 20.3 Å². The number of carbonyl (C=O) groups is 1. The maximum Gasteiger partial charge on any atom is 0.255 e. The first-order valence-corrected chi connectivity index (χ1v) is 8.02. The molecule has 2 nitrogen and oxygen atoms in total. The molecule has 0 radical (unpaired) electrons. The van der Waals surface area contributed by atoms with Gasteiger partial charge in [-0.25, -0.2) is 0 Å². The van der Waals surface area contributed by atoms with Gasteiger partial charge in [0.1, 0.15) is 0 Å². The molecule has 0 spiro atoms. The van der Waals surface area contributed by atoms with Crippen LogP contribution in [0.1, 0.15) is 36.2 Å². The van der Waals surface area contributed by atoms with Crippen LogP contribution in [0.4, 0.5) is 0 Å². The molecule has 1 aromatic rings. The molecule has 0 aliphatic rings. The number of halogens is 2. The van der Waals surface area contributed by atoms with Gasteiger partial charge in [0, 0.05) is 22.4 Å². The predicted octanol–water partition coefficient (Wildman–Crippen LogP) is 4.39. The van der Waals surface area contributed by atoms with Crippen molar-refractivity contribution in [2.24, 2.45) is 0 Å². The average molecular weight is 377 g/mol. The first kappa shape index (κ1) is 15.7. The lowest BCUT2D eigenvalue weighted by Gasteiger charge is -2.27. The van der Waals surface area contributed by atoms with E-state index >= 15 is 0 Å². The van der Waals surface area contributed by atoms with Gasteiger partial charge in [-0.3, -0.25) is 4.79 Å². The number of alkyl halides is 1. The van der Waals surface area contributed by atoms with E-state index in [1.807, 2.05) is 30.0 Å². The van der Waals surface area contributed by atoms with Gasteiger partial charge < -0.3 is 4.90 Å². The number of amides is 1. The van der Waals surface area contributed by atoms with E-state index in [9.17, 15) is 4.79 Å². The van der Waals surface area contributed by atoms with Crippen LogP contribution in [0.2, 0.25) is 0 Å². The molecule has 0 unspecified atom stereocenters. The number of benzene rings is 1. The molecule has 4 heteroatoms. The van der Waals surface area contributed by atoms with E-state index in [0.29, 0.717) is 0 Å². The molecule has 0 atom stereocenters. The van der Waals surface area contributed by atoms with Crippen molar-refractivity contribution in [3.63, 3.8) is 0 Å². The molecular weight excluding hydrogens is 358 g/mol. The fourth-order valence-electron chi connectivity index (χ4n) is 1.79. The summed E-state index contributed by atoms with van der Waals surface area (Å²) in [4.78, 5) is 14.5. The highest BCUT2D eigenvalue weighted by Gasteiger charge is 2.20. The number of rotatable bonds is 5. The Morgan fingerprint density at radius 3 is 2.61 bits per heavy atom. The summed E-state index contributed by atoms with van der Waals surface area (Å²) in [6, 6.07) is 6.02. The van der Waals surface area contributed by atoms with Crippen LogP contribution in [-0.4, -0.2) is 28.7 Å². The third kappa shape index (κ3) is 3.82. The minimum absolute atomic E-state index is 0.0986. The molecule has 1 aromatic carbocycles. The Balaban J connectivity index is 2.98. The number of hydrogen-bond acceptors (Lipinski definition) is 1. The second kappa shape index (κ2) is 7.29. The SMILES string of the molecule is Cc1cccc(C(=O)N(CCCBr)C(C)C)c1Br. The van der Waals surface area contributed by atoms with Crippen molar-refractivity contribution >= 4 is 37.8 Å². The molecule has 0 bridgehead atoms. The third-order valence-corrected chi connectivity index (χ3v) is 4.45. The Kier molecular flexibility index (Phi) is 6.36.